The molecule has 0 saturated carbocycles. The second-order valence-corrected chi connectivity index (χ2v) is 4.67. The van der Waals surface area contributed by atoms with Gasteiger partial charge in [-0.2, -0.15) is 0 Å². The molecule has 0 unspecified atom stereocenters. The van der Waals surface area contributed by atoms with Crippen LogP contribution in [0.4, 0.5) is 0 Å². The number of nitrogens with one attached hydrogen (secondary N) is 1. The van der Waals surface area contributed by atoms with Crippen molar-refractivity contribution in [3.63, 3.8) is 0 Å². The lowest BCUT2D eigenvalue weighted by Crippen LogP contribution is -2.50. The van der Waals surface area contributed by atoms with Crippen LogP contribution in [-0.2, 0) is 16.1 Å². The maximum Gasteiger partial charge on any atom is 0.266 e. The molecule has 2 N–H and O–H groups in total. The van der Waals surface area contributed by atoms with Crippen molar-refractivity contribution in [1.82, 2.24) is 15.4 Å². The maximum atomic E-state index is 11.8. The van der Waals surface area contributed by atoms with E-state index in [1.807, 2.05) is 19.9 Å². The summed E-state index contributed by atoms with van der Waals surface area (Å²) in [5.74, 6) is -0.937. The summed E-state index contributed by atoms with van der Waals surface area (Å²) in [7, 11) is 0. The van der Waals surface area contributed by atoms with Crippen molar-refractivity contribution in [3.05, 3.63) is 30.1 Å². The molecule has 0 fully saturated rings. The molecule has 6 nitrogen and oxygen atoms in total. The molecule has 0 saturated heterocycles. The van der Waals surface area contributed by atoms with Crippen LogP contribution in [0, 0.1) is 5.92 Å². The number of nitrogens with zero attached hydrogens (tertiary/aromatic N) is 2. The summed E-state index contributed by atoms with van der Waals surface area (Å²) in [5.41, 5.74) is 2.45. The quantitative estimate of drug-likeness (QED) is 0.613. The van der Waals surface area contributed by atoms with Crippen molar-refractivity contribution in [2.75, 3.05) is 0 Å². The predicted molar refractivity (Wildman–Crippen MR) is 69.0 cm³/mol. The summed E-state index contributed by atoms with van der Waals surface area (Å²) in [4.78, 5) is 28.9. The molecule has 0 spiro atoms. The monoisotopic (exact) mass is 265 g/mol. The molecule has 104 valence electrons. The van der Waals surface area contributed by atoms with E-state index in [4.69, 9.17) is 5.21 Å². The largest absolute Gasteiger partial charge is 0.326 e. The Labute approximate surface area is 112 Å². The van der Waals surface area contributed by atoms with Crippen LogP contribution >= 0.6 is 0 Å². The van der Waals surface area contributed by atoms with E-state index in [0.717, 1.165) is 5.56 Å². The van der Waals surface area contributed by atoms with Crippen molar-refractivity contribution >= 4 is 11.8 Å². The first-order valence-corrected chi connectivity index (χ1v) is 6.07. The second kappa shape index (κ2) is 6.84. The third kappa shape index (κ3) is 4.03. The van der Waals surface area contributed by atoms with Gasteiger partial charge in [0.2, 0.25) is 5.91 Å². The lowest BCUT2D eigenvalue weighted by Gasteiger charge is -2.32. The molecule has 1 rings (SSSR count). The van der Waals surface area contributed by atoms with Crippen LogP contribution in [0.2, 0.25) is 0 Å². The number of aromatic nitrogens is 1. The normalized spacial score (nSPS) is 12.1. The van der Waals surface area contributed by atoms with E-state index >= 15 is 0 Å². The van der Waals surface area contributed by atoms with Gasteiger partial charge in [0, 0.05) is 25.9 Å². The van der Waals surface area contributed by atoms with E-state index in [0.29, 0.717) is 0 Å². The van der Waals surface area contributed by atoms with Crippen LogP contribution in [0.15, 0.2) is 24.5 Å². The van der Waals surface area contributed by atoms with Gasteiger partial charge in [0.1, 0.15) is 6.04 Å². The van der Waals surface area contributed by atoms with Crippen LogP contribution in [0.3, 0.4) is 0 Å². The molecule has 0 aromatic carbocycles. The van der Waals surface area contributed by atoms with Gasteiger partial charge in [-0.05, 0) is 17.5 Å². The SMILES string of the molecule is CC(=O)N(Cc1cccnc1)[C@@H](C(=O)NO)C(C)C. The molecule has 1 aromatic rings. The predicted octanol–water partition coefficient (Wildman–Crippen LogP) is 0.960. The van der Waals surface area contributed by atoms with Crippen molar-refractivity contribution in [3.8, 4) is 0 Å². The molecule has 19 heavy (non-hydrogen) atoms. The van der Waals surface area contributed by atoms with Gasteiger partial charge in [-0.1, -0.05) is 19.9 Å². The average molecular weight is 265 g/mol. The molecule has 0 aliphatic rings. The van der Waals surface area contributed by atoms with Gasteiger partial charge < -0.3 is 4.90 Å². The lowest BCUT2D eigenvalue weighted by atomic mass is 10.0. The molecular formula is C13H19N3O3. The summed E-state index contributed by atoms with van der Waals surface area (Å²) in [6.07, 6.45) is 3.28. The summed E-state index contributed by atoms with van der Waals surface area (Å²) < 4.78 is 0. The minimum absolute atomic E-state index is 0.118. The van der Waals surface area contributed by atoms with E-state index < -0.39 is 11.9 Å². The minimum atomic E-state index is -0.720. The van der Waals surface area contributed by atoms with Crippen molar-refractivity contribution < 1.29 is 14.8 Å². The van der Waals surface area contributed by atoms with E-state index in [2.05, 4.69) is 4.98 Å². The van der Waals surface area contributed by atoms with Crippen molar-refractivity contribution in [2.24, 2.45) is 5.92 Å². The van der Waals surface area contributed by atoms with E-state index in [1.165, 1.54) is 11.8 Å². The maximum absolute atomic E-state index is 11.8. The molecule has 1 heterocycles. The van der Waals surface area contributed by atoms with Crippen LogP contribution in [0.25, 0.3) is 0 Å². The first kappa shape index (κ1) is 15.1. The summed E-state index contributed by atoms with van der Waals surface area (Å²) >= 11 is 0. The van der Waals surface area contributed by atoms with Crippen molar-refractivity contribution in [2.45, 2.75) is 33.4 Å². The topological polar surface area (TPSA) is 82.5 Å². The zero-order valence-electron chi connectivity index (χ0n) is 11.3. The molecule has 0 radical (unpaired) electrons. The Hall–Kier alpha value is -1.95. The Bertz CT molecular complexity index is 434. The van der Waals surface area contributed by atoms with Gasteiger partial charge in [-0.15, -0.1) is 0 Å². The van der Waals surface area contributed by atoms with Gasteiger partial charge in [0.15, 0.2) is 0 Å². The van der Waals surface area contributed by atoms with Gasteiger partial charge in [0.05, 0.1) is 0 Å². The summed E-state index contributed by atoms with van der Waals surface area (Å²) in [6, 6.07) is 2.88. The Kier molecular flexibility index (Phi) is 5.44. The Morgan fingerprint density at radius 2 is 2.16 bits per heavy atom. The van der Waals surface area contributed by atoms with Crippen LogP contribution in [-0.4, -0.2) is 32.9 Å². The Morgan fingerprint density at radius 3 is 2.58 bits per heavy atom. The number of hydrogen-bond donors (Lipinski definition) is 2. The Balaban J connectivity index is 2.98. The van der Waals surface area contributed by atoms with E-state index in [-0.39, 0.29) is 18.4 Å². The summed E-state index contributed by atoms with van der Waals surface area (Å²) in [6.45, 7) is 5.31. The number of carbonyl (C=O) groups is 2. The number of hydroxylamine groups is 1. The fourth-order valence-corrected chi connectivity index (χ4v) is 1.96. The highest BCUT2D eigenvalue weighted by Crippen LogP contribution is 2.15. The first-order chi connectivity index (χ1) is 8.97. The fraction of sp³-hybridized carbons (Fsp3) is 0.462. The third-order valence-corrected chi connectivity index (χ3v) is 2.83. The molecule has 1 aromatic heterocycles. The third-order valence-electron chi connectivity index (χ3n) is 2.83. The van der Waals surface area contributed by atoms with Crippen LogP contribution < -0.4 is 5.48 Å². The number of pyridine rings is 1. The van der Waals surface area contributed by atoms with E-state index in [9.17, 15) is 9.59 Å². The molecule has 6 heteroatoms. The zero-order chi connectivity index (χ0) is 14.4. The number of hydrogen-bond acceptors (Lipinski definition) is 4. The van der Waals surface area contributed by atoms with Gasteiger partial charge in [-0.25, -0.2) is 5.48 Å². The zero-order valence-corrected chi connectivity index (χ0v) is 11.3. The lowest BCUT2D eigenvalue weighted by molar-refractivity contribution is -0.145. The fourth-order valence-electron chi connectivity index (χ4n) is 1.96. The number of carbonyl (C=O) groups excluding carboxylic acids is 2. The molecular weight excluding hydrogens is 246 g/mol. The van der Waals surface area contributed by atoms with Gasteiger partial charge in [0.25, 0.3) is 5.91 Å². The molecule has 0 bridgehead atoms. The van der Waals surface area contributed by atoms with Crippen LogP contribution in [0.1, 0.15) is 26.3 Å². The molecule has 1 atom stereocenters. The highest BCUT2D eigenvalue weighted by atomic mass is 16.5. The minimum Gasteiger partial charge on any atom is -0.326 e. The summed E-state index contributed by atoms with van der Waals surface area (Å²) in [5, 5.41) is 8.80. The standard InChI is InChI=1S/C13H19N3O3/c1-9(2)12(13(18)15-19)16(10(3)17)8-11-5-4-6-14-7-11/h4-7,9,12,19H,8H2,1-3H3,(H,15,18)/t12-/m1/s1. The molecule has 0 aliphatic heterocycles. The highest BCUT2D eigenvalue weighted by molar-refractivity contribution is 5.86. The smallest absolute Gasteiger partial charge is 0.266 e. The van der Waals surface area contributed by atoms with Crippen LogP contribution in [0.5, 0.6) is 0 Å². The average Bonchev–Trinajstić information content (AvgIpc) is 2.38. The second-order valence-electron chi connectivity index (χ2n) is 4.67. The van der Waals surface area contributed by atoms with Crippen molar-refractivity contribution in [1.29, 1.82) is 0 Å². The Morgan fingerprint density at radius 1 is 1.47 bits per heavy atom. The van der Waals surface area contributed by atoms with Gasteiger partial charge >= 0.3 is 0 Å². The highest BCUT2D eigenvalue weighted by Gasteiger charge is 2.30. The van der Waals surface area contributed by atoms with Gasteiger partial charge in [-0.3, -0.25) is 19.8 Å². The molecule has 0 aliphatic carbocycles. The number of rotatable bonds is 5. The number of amides is 2. The molecule has 2 amide bonds. The first-order valence-electron chi connectivity index (χ1n) is 6.07. The van der Waals surface area contributed by atoms with E-state index in [1.54, 1.807) is 23.9 Å².